The van der Waals surface area contributed by atoms with E-state index in [1.165, 1.54) is 0 Å². The molecule has 1 aromatic heterocycles. The molecule has 0 aliphatic carbocycles. The maximum Gasteiger partial charge on any atom is 0.138 e. The first-order valence-electron chi connectivity index (χ1n) is 3.18. The number of rotatable bonds is 2. The molecular weight excluding hydrogens is 206 g/mol. The third-order valence-electron chi connectivity index (χ3n) is 1.25. The van der Waals surface area contributed by atoms with Gasteiger partial charge in [0, 0.05) is 17.1 Å². The SMILES string of the molecule is C=CCc1ncc(Br)cc1O. The van der Waals surface area contributed by atoms with Crippen LogP contribution >= 0.6 is 15.9 Å². The fraction of sp³-hybridized carbons (Fsp3) is 0.125. The van der Waals surface area contributed by atoms with Gasteiger partial charge in [-0.15, -0.1) is 6.58 Å². The molecule has 0 aliphatic heterocycles. The molecular formula is C8H8BrNO. The van der Waals surface area contributed by atoms with Gasteiger partial charge in [-0.25, -0.2) is 0 Å². The Kier molecular flexibility index (Phi) is 2.65. The Bertz CT molecular complexity index is 273. The van der Waals surface area contributed by atoms with Gasteiger partial charge >= 0.3 is 0 Å². The summed E-state index contributed by atoms with van der Waals surface area (Å²) in [4.78, 5) is 4.00. The second-order valence-electron chi connectivity index (χ2n) is 2.11. The first-order chi connectivity index (χ1) is 5.24. The lowest BCUT2D eigenvalue weighted by Crippen LogP contribution is -1.86. The van der Waals surface area contributed by atoms with Gasteiger partial charge in [0.2, 0.25) is 0 Å². The van der Waals surface area contributed by atoms with Crippen molar-refractivity contribution in [3.05, 3.63) is 35.1 Å². The molecule has 0 radical (unpaired) electrons. The summed E-state index contributed by atoms with van der Waals surface area (Å²) < 4.78 is 0.780. The first kappa shape index (κ1) is 8.27. The third kappa shape index (κ3) is 2.05. The molecule has 1 N–H and O–H groups in total. The lowest BCUT2D eigenvalue weighted by atomic mass is 10.2. The molecule has 11 heavy (non-hydrogen) atoms. The van der Waals surface area contributed by atoms with Gasteiger partial charge in [0.05, 0.1) is 5.69 Å². The highest BCUT2D eigenvalue weighted by Gasteiger charge is 1.99. The van der Waals surface area contributed by atoms with E-state index in [-0.39, 0.29) is 5.75 Å². The number of nitrogens with zero attached hydrogens (tertiary/aromatic N) is 1. The molecule has 1 aromatic rings. The topological polar surface area (TPSA) is 33.1 Å². The number of aromatic nitrogens is 1. The highest BCUT2D eigenvalue weighted by atomic mass is 79.9. The van der Waals surface area contributed by atoms with Gasteiger partial charge < -0.3 is 5.11 Å². The number of allylic oxidation sites excluding steroid dienone is 1. The largest absolute Gasteiger partial charge is 0.506 e. The highest BCUT2D eigenvalue weighted by molar-refractivity contribution is 9.10. The van der Waals surface area contributed by atoms with Gasteiger partial charge in [0.15, 0.2) is 0 Å². The van der Waals surface area contributed by atoms with Crippen molar-refractivity contribution in [2.75, 3.05) is 0 Å². The van der Waals surface area contributed by atoms with Crippen LogP contribution in [0.4, 0.5) is 0 Å². The average Bonchev–Trinajstić information content (AvgIpc) is 1.95. The predicted octanol–water partition coefficient (Wildman–Crippen LogP) is 2.28. The molecule has 0 saturated heterocycles. The number of aromatic hydroxyl groups is 1. The molecule has 0 unspecified atom stereocenters. The van der Waals surface area contributed by atoms with Crippen LogP contribution in [-0.2, 0) is 6.42 Å². The van der Waals surface area contributed by atoms with Gasteiger partial charge in [-0.05, 0) is 22.0 Å². The minimum absolute atomic E-state index is 0.208. The molecule has 1 rings (SSSR count). The van der Waals surface area contributed by atoms with Crippen molar-refractivity contribution < 1.29 is 5.11 Å². The zero-order valence-electron chi connectivity index (χ0n) is 5.92. The van der Waals surface area contributed by atoms with Gasteiger partial charge in [-0.3, -0.25) is 4.98 Å². The lowest BCUT2D eigenvalue weighted by Gasteiger charge is -1.99. The molecule has 0 aliphatic rings. The first-order valence-corrected chi connectivity index (χ1v) is 3.97. The molecule has 3 heteroatoms. The van der Waals surface area contributed by atoms with Crippen molar-refractivity contribution in [1.29, 1.82) is 0 Å². The summed E-state index contributed by atoms with van der Waals surface area (Å²) in [6.45, 7) is 3.56. The van der Waals surface area contributed by atoms with E-state index in [0.717, 1.165) is 4.47 Å². The third-order valence-corrected chi connectivity index (χ3v) is 1.69. The van der Waals surface area contributed by atoms with Crippen molar-refractivity contribution in [3.63, 3.8) is 0 Å². The van der Waals surface area contributed by atoms with Crippen LogP contribution in [0.5, 0.6) is 5.75 Å². The van der Waals surface area contributed by atoms with Crippen LogP contribution in [-0.4, -0.2) is 10.1 Å². The van der Waals surface area contributed by atoms with Gasteiger partial charge in [-0.1, -0.05) is 6.08 Å². The van der Waals surface area contributed by atoms with Gasteiger partial charge in [0.25, 0.3) is 0 Å². The second-order valence-corrected chi connectivity index (χ2v) is 3.03. The Balaban J connectivity index is 2.98. The summed E-state index contributed by atoms with van der Waals surface area (Å²) in [5, 5.41) is 9.28. The van der Waals surface area contributed by atoms with Crippen LogP contribution in [0.1, 0.15) is 5.69 Å². The monoisotopic (exact) mass is 213 g/mol. The van der Waals surface area contributed by atoms with Gasteiger partial charge in [0.1, 0.15) is 5.75 Å². The van der Waals surface area contributed by atoms with E-state index in [2.05, 4.69) is 27.5 Å². The summed E-state index contributed by atoms with van der Waals surface area (Å²) in [6.07, 6.45) is 3.95. The predicted molar refractivity (Wildman–Crippen MR) is 47.5 cm³/mol. The maximum absolute atomic E-state index is 9.28. The van der Waals surface area contributed by atoms with Crippen molar-refractivity contribution in [2.45, 2.75) is 6.42 Å². The number of pyridine rings is 1. The van der Waals surface area contributed by atoms with Crippen molar-refractivity contribution in [1.82, 2.24) is 4.98 Å². The zero-order chi connectivity index (χ0) is 8.27. The molecule has 2 nitrogen and oxygen atoms in total. The van der Waals surface area contributed by atoms with Crippen LogP contribution in [0.15, 0.2) is 29.4 Å². The smallest absolute Gasteiger partial charge is 0.138 e. The lowest BCUT2D eigenvalue weighted by molar-refractivity contribution is 0.465. The standard InChI is InChI=1S/C8H8BrNO/c1-2-3-7-8(11)4-6(9)5-10-7/h2,4-5,11H,1,3H2. The molecule has 1 heterocycles. The van der Waals surface area contributed by atoms with Crippen molar-refractivity contribution >= 4 is 15.9 Å². The second kappa shape index (κ2) is 3.53. The molecule has 0 saturated carbocycles. The Labute approximate surface area is 73.7 Å². The molecule has 0 fully saturated rings. The summed E-state index contributed by atoms with van der Waals surface area (Å²) in [5.74, 6) is 0.208. The Morgan fingerprint density at radius 1 is 1.73 bits per heavy atom. The van der Waals surface area contributed by atoms with Crippen LogP contribution in [0.3, 0.4) is 0 Å². The fourth-order valence-electron chi connectivity index (χ4n) is 0.751. The van der Waals surface area contributed by atoms with E-state index in [1.807, 2.05) is 0 Å². The Morgan fingerprint density at radius 3 is 3.00 bits per heavy atom. The van der Waals surface area contributed by atoms with E-state index in [9.17, 15) is 5.11 Å². The zero-order valence-corrected chi connectivity index (χ0v) is 7.50. The number of halogens is 1. The Hall–Kier alpha value is -0.830. The average molecular weight is 214 g/mol. The minimum atomic E-state index is 0.208. The van der Waals surface area contributed by atoms with Crippen molar-refractivity contribution in [3.8, 4) is 5.75 Å². The molecule has 0 amide bonds. The molecule has 0 aromatic carbocycles. The maximum atomic E-state index is 9.28. The summed E-state index contributed by atoms with van der Waals surface area (Å²) in [6, 6.07) is 1.62. The quantitative estimate of drug-likeness (QED) is 0.766. The number of hydrogen-bond acceptors (Lipinski definition) is 2. The summed E-state index contributed by atoms with van der Waals surface area (Å²) in [7, 11) is 0. The van der Waals surface area contributed by atoms with E-state index in [4.69, 9.17) is 0 Å². The van der Waals surface area contributed by atoms with Crippen LogP contribution < -0.4 is 0 Å². The van der Waals surface area contributed by atoms with Crippen molar-refractivity contribution in [2.24, 2.45) is 0 Å². The Morgan fingerprint density at radius 2 is 2.45 bits per heavy atom. The van der Waals surface area contributed by atoms with E-state index in [1.54, 1.807) is 18.3 Å². The van der Waals surface area contributed by atoms with Crippen LogP contribution in [0.2, 0.25) is 0 Å². The fourth-order valence-corrected chi connectivity index (χ4v) is 1.07. The van der Waals surface area contributed by atoms with Crippen LogP contribution in [0, 0.1) is 0 Å². The molecule has 0 atom stereocenters. The van der Waals surface area contributed by atoms with Gasteiger partial charge in [-0.2, -0.15) is 0 Å². The van der Waals surface area contributed by atoms with E-state index >= 15 is 0 Å². The van der Waals surface area contributed by atoms with Crippen LogP contribution in [0.25, 0.3) is 0 Å². The summed E-state index contributed by atoms with van der Waals surface area (Å²) >= 11 is 3.20. The normalized spacial score (nSPS) is 9.55. The molecule has 0 bridgehead atoms. The molecule has 58 valence electrons. The number of hydrogen-bond donors (Lipinski definition) is 1. The minimum Gasteiger partial charge on any atom is -0.506 e. The highest BCUT2D eigenvalue weighted by Crippen LogP contribution is 2.19. The molecule has 0 spiro atoms. The van der Waals surface area contributed by atoms with E-state index in [0.29, 0.717) is 12.1 Å². The van der Waals surface area contributed by atoms with E-state index < -0.39 is 0 Å². The summed E-state index contributed by atoms with van der Waals surface area (Å²) in [5.41, 5.74) is 0.656.